The molecule has 0 amide bonds. The number of Topliss-reactive ketones (excluding diaryl/α,β-unsaturated/α-hetero) is 1. The second-order valence-electron chi connectivity index (χ2n) is 4.27. The number of hydrogen-bond donors (Lipinski definition) is 0. The van der Waals surface area contributed by atoms with E-state index in [-0.39, 0.29) is 12.4 Å². The standard InChI is InChI=1S/C14H17NO2/c1-9-5-10(2)14(11(3)6-9)12(7-15)13(16)8-17-4/h5-6,12H,8H2,1-4H3. The SMILES string of the molecule is COCC(=O)C(C#N)c1c(C)cc(C)cc1C. The molecule has 0 saturated carbocycles. The number of aryl methyl sites for hydroxylation is 3. The number of nitriles is 1. The minimum Gasteiger partial charge on any atom is -0.377 e. The molecule has 17 heavy (non-hydrogen) atoms. The summed E-state index contributed by atoms with van der Waals surface area (Å²) in [5.74, 6) is -0.916. The van der Waals surface area contributed by atoms with Gasteiger partial charge in [0.05, 0.1) is 6.07 Å². The number of rotatable bonds is 4. The Labute approximate surface area is 102 Å². The van der Waals surface area contributed by atoms with Crippen molar-refractivity contribution in [2.75, 3.05) is 13.7 Å². The van der Waals surface area contributed by atoms with Crippen LogP contribution in [0, 0.1) is 32.1 Å². The van der Waals surface area contributed by atoms with Crippen LogP contribution in [0.1, 0.15) is 28.2 Å². The summed E-state index contributed by atoms with van der Waals surface area (Å²) in [5, 5.41) is 9.17. The Morgan fingerprint density at radius 3 is 2.29 bits per heavy atom. The molecule has 1 unspecified atom stereocenters. The van der Waals surface area contributed by atoms with E-state index in [1.54, 1.807) is 0 Å². The summed E-state index contributed by atoms with van der Waals surface area (Å²) in [6.07, 6.45) is 0. The van der Waals surface area contributed by atoms with Gasteiger partial charge < -0.3 is 4.74 Å². The predicted molar refractivity (Wildman–Crippen MR) is 65.9 cm³/mol. The highest BCUT2D eigenvalue weighted by molar-refractivity contribution is 5.90. The Morgan fingerprint density at radius 1 is 1.35 bits per heavy atom. The highest BCUT2D eigenvalue weighted by Gasteiger charge is 2.23. The monoisotopic (exact) mass is 231 g/mol. The predicted octanol–water partition coefficient (Wildman–Crippen LogP) is 2.43. The first-order chi connectivity index (χ1) is 8.01. The fraction of sp³-hybridized carbons (Fsp3) is 0.429. The van der Waals surface area contributed by atoms with Crippen LogP contribution in [0.3, 0.4) is 0 Å². The largest absolute Gasteiger partial charge is 0.377 e. The van der Waals surface area contributed by atoms with Crippen LogP contribution < -0.4 is 0 Å². The molecule has 0 N–H and O–H groups in total. The first-order valence-corrected chi connectivity index (χ1v) is 5.50. The fourth-order valence-electron chi connectivity index (χ4n) is 2.17. The molecule has 3 nitrogen and oxygen atoms in total. The van der Waals surface area contributed by atoms with Gasteiger partial charge in [0.2, 0.25) is 0 Å². The molecule has 0 spiro atoms. The van der Waals surface area contributed by atoms with Crippen LogP contribution in [0.15, 0.2) is 12.1 Å². The van der Waals surface area contributed by atoms with Crippen molar-refractivity contribution in [1.82, 2.24) is 0 Å². The Kier molecular flexibility index (Phi) is 4.42. The zero-order valence-electron chi connectivity index (χ0n) is 10.7. The van der Waals surface area contributed by atoms with E-state index in [1.807, 2.05) is 32.9 Å². The van der Waals surface area contributed by atoms with Crippen LogP contribution >= 0.6 is 0 Å². The molecule has 0 fully saturated rings. The third-order valence-electron chi connectivity index (χ3n) is 2.76. The van der Waals surface area contributed by atoms with E-state index in [2.05, 4.69) is 6.07 Å². The zero-order chi connectivity index (χ0) is 13.0. The average Bonchev–Trinajstić information content (AvgIpc) is 2.23. The molecule has 3 heteroatoms. The molecule has 0 saturated heterocycles. The van der Waals surface area contributed by atoms with Crippen molar-refractivity contribution < 1.29 is 9.53 Å². The molecule has 0 aliphatic heterocycles. The Morgan fingerprint density at radius 2 is 1.88 bits per heavy atom. The summed E-state index contributed by atoms with van der Waals surface area (Å²) in [6.45, 7) is 5.84. The summed E-state index contributed by atoms with van der Waals surface area (Å²) < 4.78 is 4.81. The maximum atomic E-state index is 11.8. The van der Waals surface area contributed by atoms with E-state index < -0.39 is 5.92 Å². The van der Waals surface area contributed by atoms with Gasteiger partial charge in [-0.05, 0) is 37.5 Å². The normalized spacial score (nSPS) is 11.9. The lowest BCUT2D eigenvalue weighted by molar-refractivity contribution is -0.122. The first-order valence-electron chi connectivity index (χ1n) is 5.50. The number of carbonyl (C=O) groups is 1. The molecule has 90 valence electrons. The average molecular weight is 231 g/mol. The molecule has 1 aromatic carbocycles. The summed E-state index contributed by atoms with van der Waals surface area (Å²) in [7, 11) is 1.46. The topological polar surface area (TPSA) is 50.1 Å². The number of methoxy groups -OCH3 is 1. The Hall–Kier alpha value is -1.66. The first kappa shape index (κ1) is 13.4. The molecule has 1 aromatic rings. The molecule has 0 heterocycles. The second kappa shape index (κ2) is 5.60. The number of benzene rings is 1. The third-order valence-corrected chi connectivity index (χ3v) is 2.76. The van der Waals surface area contributed by atoms with Gasteiger partial charge in [-0.1, -0.05) is 17.7 Å². The van der Waals surface area contributed by atoms with Gasteiger partial charge in [-0.2, -0.15) is 5.26 Å². The van der Waals surface area contributed by atoms with Gasteiger partial charge in [-0.3, -0.25) is 4.79 Å². The van der Waals surface area contributed by atoms with Gasteiger partial charge in [0.1, 0.15) is 12.5 Å². The molecule has 0 aliphatic carbocycles. The second-order valence-corrected chi connectivity index (χ2v) is 4.27. The Balaban J connectivity index is 3.22. The molecule has 0 aromatic heterocycles. The van der Waals surface area contributed by atoms with Crippen LogP contribution in [0.5, 0.6) is 0 Å². The van der Waals surface area contributed by atoms with Crippen molar-refractivity contribution >= 4 is 5.78 Å². The highest BCUT2D eigenvalue weighted by atomic mass is 16.5. The summed E-state index contributed by atoms with van der Waals surface area (Å²) in [6, 6.07) is 6.06. The number of ketones is 1. The van der Waals surface area contributed by atoms with E-state index >= 15 is 0 Å². The summed E-state index contributed by atoms with van der Waals surface area (Å²) in [5.41, 5.74) is 3.93. The van der Waals surface area contributed by atoms with Crippen molar-refractivity contribution in [2.45, 2.75) is 26.7 Å². The van der Waals surface area contributed by atoms with Gasteiger partial charge in [0.15, 0.2) is 5.78 Å². The number of carbonyl (C=O) groups excluding carboxylic acids is 1. The molecular formula is C14H17NO2. The highest BCUT2D eigenvalue weighted by Crippen LogP contribution is 2.25. The van der Waals surface area contributed by atoms with Gasteiger partial charge in [0, 0.05) is 7.11 Å². The van der Waals surface area contributed by atoms with E-state index in [9.17, 15) is 4.79 Å². The van der Waals surface area contributed by atoms with E-state index in [0.29, 0.717) is 0 Å². The van der Waals surface area contributed by atoms with Crippen molar-refractivity contribution in [1.29, 1.82) is 5.26 Å². The summed E-state index contributed by atoms with van der Waals surface area (Å²) >= 11 is 0. The number of nitrogens with zero attached hydrogens (tertiary/aromatic N) is 1. The van der Waals surface area contributed by atoms with Gasteiger partial charge in [-0.15, -0.1) is 0 Å². The van der Waals surface area contributed by atoms with Crippen molar-refractivity contribution in [3.05, 3.63) is 34.4 Å². The smallest absolute Gasteiger partial charge is 0.179 e. The third kappa shape index (κ3) is 2.92. The number of hydrogen-bond acceptors (Lipinski definition) is 3. The lowest BCUT2D eigenvalue weighted by Crippen LogP contribution is -2.18. The lowest BCUT2D eigenvalue weighted by atomic mass is 9.88. The molecule has 1 atom stereocenters. The van der Waals surface area contributed by atoms with E-state index in [0.717, 1.165) is 22.3 Å². The van der Waals surface area contributed by atoms with Gasteiger partial charge >= 0.3 is 0 Å². The molecule has 0 aliphatic rings. The minimum absolute atomic E-state index is 0.0228. The fourth-order valence-corrected chi connectivity index (χ4v) is 2.17. The van der Waals surface area contributed by atoms with Gasteiger partial charge in [-0.25, -0.2) is 0 Å². The van der Waals surface area contributed by atoms with E-state index in [4.69, 9.17) is 10.00 Å². The van der Waals surface area contributed by atoms with Gasteiger partial charge in [0.25, 0.3) is 0 Å². The van der Waals surface area contributed by atoms with Crippen LogP contribution in [0.25, 0.3) is 0 Å². The number of ether oxygens (including phenoxy) is 1. The Bertz CT molecular complexity index is 449. The van der Waals surface area contributed by atoms with Crippen LogP contribution in [-0.2, 0) is 9.53 Å². The molecule has 1 rings (SSSR count). The van der Waals surface area contributed by atoms with Crippen molar-refractivity contribution in [2.24, 2.45) is 0 Å². The van der Waals surface area contributed by atoms with Crippen LogP contribution in [0.4, 0.5) is 0 Å². The van der Waals surface area contributed by atoms with Crippen LogP contribution in [-0.4, -0.2) is 19.5 Å². The molecule has 0 radical (unpaired) electrons. The summed E-state index contributed by atoms with van der Waals surface area (Å²) in [4.78, 5) is 11.8. The zero-order valence-corrected chi connectivity index (χ0v) is 10.7. The van der Waals surface area contributed by atoms with E-state index in [1.165, 1.54) is 7.11 Å². The molecule has 0 bridgehead atoms. The quantitative estimate of drug-likeness (QED) is 0.799. The van der Waals surface area contributed by atoms with Crippen molar-refractivity contribution in [3.63, 3.8) is 0 Å². The minimum atomic E-state index is -0.726. The van der Waals surface area contributed by atoms with Crippen LogP contribution in [0.2, 0.25) is 0 Å². The maximum Gasteiger partial charge on any atom is 0.179 e. The maximum absolute atomic E-state index is 11.8. The lowest BCUT2D eigenvalue weighted by Gasteiger charge is -2.15. The molecular weight excluding hydrogens is 214 g/mol. The van der Waals surface area contributed by atoms with Crippen molar-refractivity contribution in [3.8, 4) is 6.07 Å².